The summed E-state index contributed by atoms with van der Waals surface area (Å²) in [6.45, 7) is 0.196. The van der Waals surface area contributed by atoms with Gasteiger partial charge in [-0.15, -0.1) is 10.2 Å². The van der Waals surface area contributed by atoms with E-state index in [4.69, 9.17) is 0 Å². The van der Waals surface area contributed by atoms with Crippen molar-refractivity contribution in [3.8, 4) is 0 Å². The van der Waals surface area contributed by atoms with Gasteiger partial charge >= 0.3 is 0 Å². The highest BCUT2D eigenvalue weighted by Crippen LogP contribution is 2.39. The first-order chi connectivity index (χ1) is 9.26. The number of aliphatic hydroxyl groups excluding tert-OH is 1. The van der Waals surface area contributed by atoms with Crippen LogP contribution in [0.5, 0.6) is 0 Å². The van der Waals surface area contributed by atoms with Gasteiger partial charge in [0.2, 0.25) is 0 Å². The lowest BCUT2D eigenvalue weighted by atomic mass is 10.00. The predicted octanol–water partition coefficient (Wildman–Crippen LogP) is 1.32. The molecule has 3 rings (SSSR count). The molecule has 1 aliphatic carbocycles. The second-order valence-corrected chi connectivity index (χ2v) is 6.35. The molecule has 0 amide bonds. The third kappa shape index (κ3) is 2.35. The molecule has 0 aliphatic heterocycles. The number of hydrogen-bond acceptors (Lipinski definition) is 5. The van der Waals surface area contributed by atoms with Crippen molar-refractivity contribution in [1.82, 2.24) is 19.9 Å². The fraction of sp³-hybridized carbons (Fsp3) is 0.538. The number of aromatic nitrogens is 3. The maximum Gasteiger partial charge on any atom is 0.195 e. The van der Waals surface area contributed by atoms with Crippen LogP contribution in [0.4, 0.5) is 0 Å². The number of hydrogen-bond donors (Lipinski definition) is 2. The summed E-state index contributed by atoms with van der Waals surface area (Å²) in [5, 5.41) is 22.6. The van der Waals surface area contributed by atoms with Crippen LogP contribution in [0.15, 0.2) is 29.6 Å². The first kappa shape index (κ1) is 12.9. The number of nitrogens with zero attached hydrogens (tertiary/aromatic N) is 3. The van der Waals surface area contributed by atoms with Gasteiger partial charge in [-0.1, -0.05) is 17.8 Å². The molecule has 2 aromatic rings. The SMILES string of the molecule is CNC1(CO)CCC(Sc2nnc3ccccn23)C1. The van der Waals surface area contributed by atoms with E-state index in [-0.39, 0.29) is 12.1 Å². The monoisotopic (exact) mass is 278 g/mol. The number of nitrogens with one attached hydrogen (secondary N) is 1. The van der Waals surface area contributed by atoms with E-state index in [0.717, 1.165) is 30.1 Å². The summed E-state index contributed by atoms with van der Waals surface area (Å²) in [5.74, 6) is 0. The number of fused-ring (bicyclic) bond motifs is 1. The smallest absolute Gasteiger partial charge is 0.195 e. The van der Waals surface area contributed by atoms with Gasteiger partial charge in [-0.05, 0) is 38.4 Å². The first-order valence-electron chi connectivity index (χ1n) is 6.52. The molecule has 2 heterocycles. The fourth-order valence-electron chi connectivity index (χ4n) is 2.68. The zero-order valence-electron chi connectivity index (χ0n) is 10.9. The average Bonchev–Trinajstić information content (AvgIpc) is 3.05. The standard InChI is InChI=1S/C13H18N4OS/c1-14-13(9-18)6-5-10(8-13)19-12-16-15-11-4-2-3-7-17(11)12/h2-4,7,10,14,18H,5-6,8-9H2,1H3. The van der Waals surface area contributed by atoms with Crippen LogP contribution in [0.25, 0.3) is 5.65 Å². The summed E-state index contributed by atoms with van der Waals surface area (Å²) in [7, 11) is 1.93. The molecule has 102 valence electrons. The largest absolute Gasteiger partial charge is 0.394 e. The van der Waals surface area contributed by atoms with Gasteiger partial charge in [0, 0.05) is 17.0 Å². The second-order valence-electron chi connectivity index (χ2n) is 5.08. The van der Waals surface area contributed by atoms with Crippen LogP contribution in [0.2, 0.25) is 0 Å². The van der Waals surface area contributed by atoms with Crippen molar-refractivity contribution in [2.24, 2.45) is 0 Å². The highest BCUT2D eigenvalue weighted by Gasteiger charge is 2.38. The van der Waals surface area contributed by atoms with E-state index in [0.29, 0.717) is 5.25 Å². The average molecular weight is 278 g/mol. The first-order valence-corrected chi connectivity index (χ1v) is 7.40. The Balaban J connectivity index is 1.76. The number of rotatable bonds is 4. The molecule has 2 atom stereocenters. The highest BCUT2D eigenvalue weighted by molar-refractivity contribution is 7.99. The molecule has 2 aromatic heterocycles. The topological polar surface area (TPSA) is 62.5 Å². The molecular formula is C13H18N4OS. The van der Waals surface area contributed by atoms with Crippen molar-refractivity contribution in [1.29, 1.82) is 0 Å². The van der Waals surface area contributed by atoms with Gasteiger partial charge in [0.25, 0.3) is 0 Å². The van der Waals surface area contributed by atoms with Crippen molar-refractivity contribution >= 4 is 17.4 Å². The summed E-state index contributed by atoms with van der Waals surface area (Å²) in [6, 6.07) is 5.91. The van der Waals surface area contributed by atoms with Gasteiger partial charge in [-0.2, -0.15) is 0 Å². The van der Waals surface area contributed by atoms with Crippen molar-refractivity contribution < 1.29 is 5.11 Å². The summed E-state index contributed by atoms with van der Waals surface area (Å²) in [4.78, 5) is 0. The van der Waals surface area contributed by atoms with Gasteiger partial charge in [0.1, 0.15) is 0 Å². The molecular weight excluding hydrogens is 260 g/mol. The lowest BCUT2D eigenvalue weighted by Crippen LogP contribution is -2.44. The lowest BCUT2D eigenvalue weighted by Gasteiger charge is -2.26. The number of likely N-dealkylation sites (N-methyl/N-ethyl adjacent to an activating group) is 1. The Morgan fingerprint density at radius 2 is 2.42 bits per heavy atom. The quantitative estimate of drug-likeness (QED) is 0.883. The number of aliphatic hydroxyl groups is 1. The zero-order valence-corrected chi connectivity index (χ0v) is 11.7. The van der Waals surface area contributed by atoms with E-state index in [9.17, 15) is 5.11 Å². The molecule has 0 aromatic carbocycles. The molecule has 2 unspecified atom stereocenters. The molecule has 0 radical (unpaired) electrons. The van der Waals surface area contributed by atoms with Gasteiger partial charge in [-0.25, -0.2) is 0 Å². The number of pyridine rings is 1. The van der Waals surface area contributed by atoms with Crippen LogP contribution in [-0.4, -0.2) is 44.1 Å². The van der Waals surface area contributed by atoms with E-state index in [1.54, 1.807) is 11.8 Å². The normalized spacial score (nSPS) is 27.2. The Kier molecular flexibility index (Phi) is 3.47. The minimum Gasteiger partial charge on any atom is -0.394 e. The van der Waals surface area contributed by atoms with Gasteiger partial charge < -0.3 is 10.4 Å². The molecule has 6 heteroatoms. The Morgan fingerprint density at radius 1 is 1.53 bits per heavy atom. The molecule has 1 aliphatic rings. The lowest BCUT2D eigenvalue weighted by molar-refractivity contribution is 0.173. The van der Waals surface area contributed by atoms with Crippen molar-refractivity contribution in [3.63, 3.8) is 0 Å². The fourth-order valence-corrected chi connectivity index (χ4v) is 3.97. The molecule has 0 bridgehead atoms. The maximum absolute atomic E-state index is 9.53. The highest BCUT2D eigenvalue weighted by atomic mass is 32.2. The maximum atomic E-state index is 9.53. The summed E-state index contributed by atoms with van der Waals surface area (Å²) < 4.78 is 2.02. The van der Waals surface area contributed by atoms with E-state index < -0.39 is 0 Å². The third-order valence-electron chi connectivity index (χ3n) is 3.95. The van der Waals surface area contributed by atoms with E-state index >= 15 is 0 Å². The van der Waals surface area contributed by atoms with E-state index in [1.165, 1.54) is 0 Å². The van der Waals surface area contributed by atoms with E-state index in [1.807, 2.05) is 35.8 Å². The van der Waals surface area contributed by atoms with Crippen LogP contribution < -0.4 is 5.32 Å². The zero-order chi connectivity index (χ0) is 13.3. The molecule has 19 heavy (non-hydrogen) atoms. The Hall–Kier alpha value is -1.11. The van der Waals surface area contributed by atoms with Gasteiger partial charge in [0.15, 0.2) is 10.8 Å². The van der Waals surface area contributed by atoms with Crippen LogP contribution in [0.3, 0.4) is 0 Å². The summed E-state index contributed by atoms with van der Waals surface area (Å²) in [6.07, 6.45) is 5.05. The molecule has 5 nitrogen and oxygen atoms in total. The van der Waals surface area contributed by atoms with E-state index in [2.05, 4.69) is 15.5 Å². The Morgan fingerprint density at radius 3 is 3.16 bits per heavy atom. The van der Waals surface area contributed by atoms with Crippen LogP contribution >= 0.6 is 11.8 Å². The Labute approximate surface area is 116 Å². The second kappa shape index (κ2) is 5.11. The summed E-state index contributed by atoms with van der Waals surface area (Å²) in [5.41, 5.74) is 0.767. The van der Waals surface area contributed by atoms with Crippen molar-refractivity contribution in [2.75, 3.05) is 13.7 Å². The molecule has 2 N–H and O–H groups in total. The minimum atomic E-state index is -0.113. The minimum absolute atomic E-state index is 0.113. The molecule has 0 spiro atoms. The van der Waals surface area contributed by atoms with Crippen LogP contribution in [0, 0.1) is 0 Å². The Bertz CT molecular complexity index is 567. The summed E-state index contributed by atoms with van der Waals surface area (Å²) >= 11 is 1.76. The van der Waals surface area contributed by atoms with Gasteiger partial charge in [0.05, 0.1) is 6.61 Å². The molecule has 0 saturated heterocycles. The van der Waals surface area contributed by atoms with Gasteiger partial charge in [-0.3, -0.25) is 4.40 Å². The molecule has 1 fully saturated rings. The van der Waals surface area contributed by atoms with Crippen molar-refractivity contribution in [3.05, 3.63) is 24.4 Å². The molecule has 1 saturated carbocycles. The van der Waals surface area contributed by atoms with Crippen LogP contribution in [-0.2, 0) is 0 Å². The third-order valence-corrected chi connectivity index (χ3v) is 5.18. The van der Waals surface area contributed by atoms with Crippen LogP contribution in [0.1, 0.15) is 19.3 Å². The van der Waals surface area contributed by atoms with Crippen molar-refractivity contribution in [2.45, 2.75) is 35.2 Å². The predicted molar refractivity (Wildman–Crippen MR) is 75.4 cm³/mol. The number of thioether (sulfide) groups is 1.